The van der Waals surface area contributed by atoms with Crippen molar-refractivity contribution in [2.75, 3.05) is 7.11 Å². The molecule has 0 saturated heterocycles. The van der Waals surface area contributed by atoms with Gasteiger partial charge in [0.15, 0.2) is 0 Å². The van der Waals surface area contributed by atoms with Crippen molar-refractivity contribution in [3.8, 4) is 5.75 Å². The first-order valence-electron chi connectivity index (χ1n) is 4.88. The topological polar surface area (TPSA) is 85.5 Å². The van der Waals surface area contributed by atoms with Crippen LogP contribution in [0.3, 0.4) is 0 Å². The Bertz CT molecular complexity index is 536. The molecule has 1 heterocycles. The summed E-state index contributed by atoms with van der Waals surface area (Å²) >= 11 is 0. The van der Waals surface area contributed by atoms with Crippen LogP contribution in [0.2, 0.25) is 0 Å². The Morgan fingerprint density at radius 3 is 2.82 bits per heavy atom. The lowest BCUT2D eigenvalue weighted by Crippen LogP contribution is -1.95. The summed E-state index contributed by atoms with van der Waals surface area (Å²) in [6, 6.07) is 7.36. The van der Waals surface area contributed by atoms with E-state index >= 15 is 0 Å². The van der Waals surface area contributed by atoms with Gasteiger partial charge in [0.2, 0.25) is 5.89 Å². The molecule has 0 aliphatic heterocycles. The van der Waals surface area contributed by atoms with Gasteiger partial charge in [0.1, 0.15) is 5.75 Å². The van der Waals surface area contributed by atoms with Crippen LogP contribution in [-0.2, 0) is 6.42 Å². The number of hydrogen-bond donors (Lipinski definition) is 1. The monoisotopic (exact) mass is 234 g/mol. The van der Waals surface area contributed by atoms with E-state index in [9.17, 15) is 4.79 Å². The Labute approximate surface area is 96.9 Å². The summed E-state index contributed by atoms with van der Waals surface area (Å²) in [6.45, 7) is 0. The van der Waals surface area contributed by atoms with Crippen molar-refractivity contribution in [1.82, 2.24) is 10.2 Å². The molecule has 0 radical (unpaired) electrons. The summed E-state index contributed by atoms with van der Waals surface area (Å²) in [4.78, 5) is 10.6. The van der Waals surface area contributed by atoms with Crippen molar-refractivity contribution in [3.63, 3.8) is 0 Å². The molecule has 0 aliphatic carbocycles. The van der Waals surface area contributed by atoms with E-state index in [-0.39, 0.29) is 5.89 Å². The molecule has 1 aromatic carbocycles. The summed E-state index contributed by atoms with van der Waals surface area (Å²) < 4.78 is 10.1. The standard InChI is InChI=1S/C11H10N2O4/c1-16-8-5-3-2-4-7(8)6-9-12-13-10(17-9)11(14)15/h2-5H,6H2,1H3,(H,14,15). The van der Waals surface area contributed by atoms with Crippen LogP contribution >= 0.6 is 0 Å². The highest BCUT2D eigenvalue weighted by atomic mass is 16.5. The maximum atomic E-state index is 10.6. The molecule has 88 valence electrons. The molecular formula is C11H10N2O4. The highest BCUT2D eigenvalue weighted by Crippen LogP contribution is 2.20. The highest BCUT2D eigenvalue weighted by molar-refractivity contribution is 5.81. The highest BCUT2D eigenvalue weighted by Gasteiger charge is 2.14. The predicted molar refractivity (Wildman–Crippen MR) is 57.1 cm³/mol. The second kappa shape index (κ2) is 4.65. The molecule has 0 fully saturated rings. The number of hydrogen-bond acceptors (Lipinski definition) is 5. The van der Waals surface area contributed by atoms with Gasteiger partial charge in [0.25, 0.3) is 0 Å². The minimum Gasteiger partial charge on any atom is -0.496 e. The van der Waals surface area contributed by atoms with Crippen LogP contribution in [0.15, 0.2) is 28.7 Å². The average molecular weight is 234 g/mol. The van der Waals surface area contributed by atoms with Crippen molar-refractivity contribution < 1.29 is 19.1 Å². The zero-order valence-electron chi connectivity index (χ0n) is 9.08. The predicted octanol–water partition coefficient (Wildman–Crippen LogP) is 1.37. The Kier molecular flexibility index (Phi) is 3.04. The van der Waals surface area contributed by atoms with E-state index < -0.39 is 11.9 Å². The first kappa shape index (κ1) is 11.1. The number of aromatic carboxylic acids is 1. The van der Waals surface area contributed by atoms with Crippen molar-refractivity contribution >= 4 is 5.97 Å². The van der Waals surface area contributed by atoms with Crippen LogP contribution < -0.4 is 4.74 Å². The molecule has 0 unspecified atom stereocenters. The van der Waals surface area contributed by atoms with Crippen LogP contribution in [0.4, 0.5) is 0 Å². The van der Waals surface area contributed by atoms with Gasteiger partial charge in [0, 0.05) is 5.56 Å². The minimum atomic E-state index is -1.23. The number of para-hydroxylation sites is 1. The molecule has 0 saturated carbocycles. The van der Waals surface area contributed by atoms with Crippen molar-refractivity contribution in [2.24, 2.45) is 0 Å². The van der Waals surface area contributed by atoms with Crippen LogP contribution in [0.5, 0.6) is 5.75 Å². The number of ether oxygens (including phenoxy) is 1. The van der Waals surface area contributed by atoms with E-state index in [1.165, 1.54) is 0 Å². The Balaban J connectivity index is 2.22. The first-order chi connectivity index (χ1) is 8.20. The molecule has 1 N–H and O–H groups in total. The largest absolute Gasteiger partial charge is 0.496 e. The van der Waals surface area contributed by atoms with Gasteiger partial charge in [-0.15, -0.1) is 10.2 Å². The molecule has 17 heavy (non-hydrogen) atoms. The second-order valence-electron chi connectivity index (χ2n) is 3.29. The smallest absolute Gasteiger partial charge is 0.393 e. The Morgan fingerprint density at radius 1 is 1.41 bits per heavy atom. The number of carboxylic acids is 1. The zero-order valence-corrected chi connectivity index (χ0v) is 9.08. The Hall–Kier alpha value is -2.37. The van der Waals surface area contributed by atoms with Gasteiger partial charge >= 0.3 is 11.9 Å². The van der Waals surface area contributed by atoms with Gasteiger partial charge in [-0.05, 0) is 6.07 Å². The molecule has 0 atom stereocenters. The van der Waals surface area contributed by atoms with Crippen LogP contribution in [-0.4, -0.2) is 28.4 Å². The fourth-order valence-electron chi connectivity index (χ4n) is 1.42. The van der Waals surface area contributed by atoms with Gasteiger partial charge in [0.05, 0.1) is 13.5 Å². The molecular weight excluding hydrogens is 224 g/mol. The number of benzene rings is 1. The number of carbonyl (C=O) groups is 1. The van der Waals surface area contributed by atoms with E-state index in [4.69, 9.17) is 14.3 Å². The third-order valence-electron chi connectivity index (χ3n) is 2.18. The van der Waals surface area contributed by atoms with Crippen LogP contribution in [0.25, 0.3) is 0 Å². The normalized spacial score (nSPS) is 10.2. The first-order valence-corrected chi connectivity index (χ1v) is 4.88. The summed E-state index contributed by atoms with van der Waals surface area (Å²) in [5, 5.41) is 15.7. The van der Waals surface area contributed by atoms with Gasteiger partial charge in [-0.25, -0.2) is 4.79 Å². The molecule has 6 heteroatoms. The van der Waals surface area contributed by atoms with Crippen LogP contribution in [0, 0.1) is 0 Å². The quantitative estimate of drug-likeness (QED) is 0.859. The molecule has 2 aromatic rings. The maximum absolute atomic E-state index is 10.6. The average Bonchev–Trinajstić information content (AvgIpc) is 2.78. The molecule has 0 aliphatic rings. The second-order valence-corrected chi connectivity index (χ2v) is 3.29. The summed E-state index contributed by atoms with van der Waals surface area (Å²) in [6.07, 6.45) is 0.338. The third-order valence-corrected chi connectivity index (χ3v) is 2.18. The van der Waals surface area contributed by atoms with E-state index in [1.807, 2.05) is 24.3 Å². The van der Waals surface area contributed by atoms with Crippen molar-refractivity contribution in [1.29, 1.82) is 0 Å². The molecule has 0 amide bonds. The summed E-state index contributed by atoms with van der Waals surface area (Å²) in [7, 11) is 1.56. The number of aromatic nitrogens is 2. The SMILES string of the molecule is COc1ccccc1Cc1nnc(C(=O)O)o1. The fourth-order valence-corrected chi connectivity index (χ4v) is 1.42. The van der Waals surface area contributed by atoms with Crippen LogP contribution in [0.1, 0.15) is 22.1 Å². The van der Waals surface area contributed by atoms with E-state index in [0.29, 0.717) is 12.2 Å². The number of nitrogens with zero attached hydrogens (tertiary/aromatic N) is 2. The molecule has 6 nitrogen and oxygen atoms in total. The van der Waals surface area contributed by atoms with Gasteiger partial charge in [-0.1, -0.05) is 18.2 Å². The molecule has 0 spiro atoms. The lowest BCUT2D eigenvalue weighted by molar-refractivity contribution is 0.0651. The number of carboxylic acid groups (broad SMARTS) is 1. The zero-order chi connectivity index (χ0) is 12.3. The fraction of sp³-hybridized carbons (Fsp3) is 0.182. The van der Waals surface area contributed by atoms with Crippen molar-refractivity contribution in [2.45, 2.75) is 6.42 Å². The van der Waals surface area contributed by atoms with Gasteiger partial charge in [-0.2, -0.15) is 0 Å². The molecule has 1 aromatic heterocycles. The maximum Gasteiger partial charge on any atom is 0.393 e. The summed E-state index contributed by atoms with van der Waals surface area (Å²) in [5.41, 5.74) is 0.857. The Morgan fingerprint density at radius 2 is 2.18 bits per heavy atom. The number of methoxy groups -OCH3 is 1. The van der Waals surface area contributed by atoms with E-state index in [2.05, 4.69) is 10.2 Å². The van der Waals surface area contributed by atoms with Gasteiger partial charge < -0.3 is 14.3 Å². The van der Waals surface area contributed by atoms with Crippen molar-refractivity contribution in [3.05, 3.63) is 41.6 Å². The third kappa shape index (κ3) is 2.41. The number of rotatable bonds is 4. The lowest BCUT2D eigenvalue weighted by Gasteiger charge is -2.04. The van der Waals surface area contributed by atoms with E-state index in [1.54, 1.807) is 7.11 Å². The summed E-state index contributed by atoms with van der Waals surface area (Å²) in [5.74, 6) is -0.701. The van der Waals surface area contributed by atoms with Gasteiger partial charge in [-0.3, -0.25) is 0 Å². The van der Waals surface area contributed by atoms with E-state index in [0.717, 1.165) is 5.56 Å². The minimum absolute atomic E-state index is 0.243. The molecule has 0 bridgehead atoms. The lowest BCUT2D eigenvalue weighted by atomic mass is 10.1. The molecule has 2 rings (SSSR count).